The zero-order valence-corrected chi connectivity index (χ0v) is 22.3. The lowest BCUT2D eigenvalue weighted by Gasteiger charge is -2.44. The Morgan fingerprint density at radius 3 is 2.13 bits per heavy atom. The van der Waals surface area contributed by atoms with Gasteiger partial charge in [-0.1, -0.05) is 18.2 Å². The van der Waals surface area contributed by atoms with E-state index in [0.717, 1.165) is 18.6 Å². The number of benzene rings is 3. The van der Waals surface area contributed by atoms with E-state index in [9.17, 15) is 18.7 Å². The summed E-state index contributed by atoms with van der Waals surface area (Å²) in [5.74, 6) is -0.930. The zero-order chi connectivity index (χ0) is 28.5. The van der Waals surface area contributed by atoms with Crippen LogP contribution in [0.3, 0.4) is 0 Å². The number of aromatic hydroxyl groups is 1. The van der Waals surface area contributed by atoms with Crippen LogP contribution >= 0.6 is 0 Å². The number of piperazine rings is 1. The highest BCUT2D eigenvalue weighted by Crippen LogP contribution is 2.22. The minimum Gasteiger partial charge on any atom is -0.506 e. The first-order valence-electron chi connectivity index (χ1n) is 12.5. The largest absolute Gasteiger partial charge is 0.506 e. The normalized spacial score (nSPS) is 17.0. The summed E-state index contributed by atoms with van der Waals surface area (Å²) in [6, 6.07) is 19.6. The van der Waals surface area contributed by atoms with Gasteiger partial charge in [0.25, 0.3) is 5.91 Å². The molecule has 0 bridgehead atoms. The van der Waals surface area contributed by atoms with Gasteiger partial charge >= 0.3 is 0 Å². The topological polar surface area (TPSA) is 103 Å². The number of hydrogen-bond acceptors (Lipinski definition) is 6. The number of aliphatic hydroxyl groups excluding tert-OH is 1. The summed E-state index contributed by atoms with van der Waals surface area (Å²) in [6.07, 6.45) is 1.67. The molecule has 3 aromatic carbocycles. The second-order valence-electron chi connectivity index (χ2n) is 9.36. The number of para-hydroxylation sites is 1. The van der Waals surface area contributed by atoms with Crippen molar-refractivity contribution in [2.75, 3.05) is 25.9 Å². The number of aromatic nitrogens is 1. The van der Waals surface area contributed by atoms with Gasteiger partial charge in [0.15, 0.2) is 0 Å². The fourth-order valence-electron chi connectivity index (χ4n) is 4.78. The molecule has 4 N–H and O–H groups in total. The molecule has 1 fully saturated rings. The number of aliphatic hydroxyl groups is 1. The van der Waals surface area contributed by atoms with Crippen LogP contribution in [0.4, 0.5) is 14.5 Å². The van der Waals surface area contributed by atoms with E-state index in [1.807, 2.05) is 36.9 Å². The van der Waals surface area contributed by atoms with Crippen molar-refractivity contribution >= 4 is 22.5 Å². The summed E-state index contributed by atoms with van der Waals surface area (Å²) in [7, 11) is 1.00. The number of nitrogens with two attached hydrogens (primary N) is 1. The first kappa shape index (κ1) is 29.5. The molecule has 0 spiro atoms. The molecule has 2 unspecified atom stereocenters. The summed E-state index contributed by atoms with van der Waals surface area (Å²) >= 11 is 0. The Balaban J connectivity index is 0.000000267. The maximum atomic E-state index is 13.4. The van der Waals surface area contributed by atoms with E-state index in [4.69, 9.17) is 10.8 Å². The summed E-state index contributed by atoms with van der Waals surface area (Å²) in [4.78, 5) is 20.9. The smallest absolute Gasteiger partial charge is 0.254 e. The van der Waals surface area contributed by atoms with Gasteiger partial charge in [0, 0.05) is 67.7 Å². The Hall–Kier alpha value is -4.08. The van der Waals surface area contributed by atoms with Crippen molar-refractivity contribution in [3.05, 3.63) is 102 Å². The molecule has 1 saturated heterocycles. The lowest BCUT2D eigenvalue weighted by Crippen LogP contribution is -2.58. The molecule has 2 heterocycles. The summed E-state index contributed by atoms with van der Waals surface area (Å²) in [5, 5.41) is 17.3. The van der Waals surface area contributed by atoms with Gasteiger partial charge in [-0.25, -0.2) is 8.78 Å². The van der Waals surface area contributed by atoms with E-state index < -0.39 is 11.6 Å². The first-order chi connectivity index (χ1) is 18.7. The number of nitrogen functional groups attached to an aromatic ring is 1. The van der Waals surface area contributed by atoms with Crippen molar-refractivity contribution < 1.29 is 23.8 Å². The summed E-state index contributed by atoms with van der Waals surface area (Å²) in [6.45, 7) is 5.72. The van der Waals surface area contributed by atoms with Gasteiger partial charge in [0.1, 0.15) is 22.9 Å². The van der Waals surface area contributed by atoms with Crippen LogP contribution in [0.1, 0.15) is 29.8 Å². The van der Waals surface area contributed by atoms with Gasteiger partial charge in [0.2, 0.25) is 0 Å². The average Bonchev–Trinajstić information content (AvgIpc) is 2.90. The molecule has 9 heteroatoms. The lowest BCUT2D eigenvalue weighted by atomic mass is 10.0. The molecular formula is C30H34F2N4O3. The standard InChI is InChI=1S/C20H23F2N3O.C9H7NO.CH4O/c1-13-10-24(12-15-7-17(21)9-18(22)8-15)11-14(2)25(13)20(26)16-3-5-19(23)6-4-16;11-8-5-1-3-7-4-2-6-10-9(7)8;1-2/h3-9,13-14H,10-12,23H2,1-2H3;1-6,11H;2H,1H3. The van der Waals surface area contributed by atoms with Crippen molar-refractivity contribution in [3.63, 3.8) is 0 Å². The fraction of sp³-hybridized carbons (Fsp3) is 0.267. The van der Waals surface area contributed by atoms with Crippen LogP contribution < -0.4 is 5.73 Å². The van der Waals surface area contributed by atoms with Crippen LogP contribution in [0.2, 0.25) is 0 Å². The van der Waals surface area contributed by atoms with Crippen molar-refractivity contribution in [3.8, 4) is 5.75 Å². The molecule has 206 valence electrons. The molecule has 2 atom stereocenters. The van der Waals surface area contributed by atoms with Crippen LogP contribution in [-0.4, -0.2) is 63.2 Å². The molecule has 1 aliphatic heterocycles. The third kappa shape index (κ3) is 7.72. The van der Waals surface area contributed by atoms with E-state index >= 15 is 0 Å². The Labute approximate surface area is 227 Å². The molecular weight excluding hydrogens is 502 g/mol. The number of fused-ring (bicyclic) bond motifs is 1. The van der Waals surface area contributed by atoms with Gasteiger partial charge in [-0.15, -0.1) is 0 Å². The number of carbonyl (C=O) groups is 1. The van der Waals surface area contributed by atoms with Gasteiger partial charge in [-0.2, -0.15) is 0 Å². The first-order valence-corrected chi connectivity index (χ1v) is 12.5. The third-order valence-corrected chi connectivity index (χ3v) is 6.33. The third-order valence-electron chi connectivity index (χ3n) is 6.33. The van der Waals surface area contributed by atoms with Crippen LogP contribution in [0, 0.1) is 11.6 Å². The Bertz CT molecular complexity index is 1350. The van der Waals surface area contributed by atoms with E-state index in [1.165, 1.54) is 12.1 Å². The van der Waals surface area contributed by atoms with Gasteiger partial charge in [0.05, 0.1) is 0 Å². The molecule has 7 nitrogen and oxygen atoms in total. The molecule has 0 aliphatic carbocycles. The van der Waals surface area contributed by atoms with Crippen LogP contribution in [-0.2, 0) is 6.54 Å². The highest BCUT2D eigenvalue weighted by Gasteiger charge is 2.33. The fourth-order valence-corrected chi connectivity index (χ4v) is 4.78. The minimum absolute atomic E-state index is 0.0118. The second kappa shape index (κ2) is 13.6. The Morgan fingerprint density at radius 2 is 1.54 bits per heavy atom. The molecule has 0 saturated carbocycles. The number of amides is 1. The number of carbonyl (C=O) groups excluding carboxylic acids is 1. The minimum atomic E-state index is -0.571. The predicted molar refractivity (Wildman–Crippen MR) is 149 cm³/mol. The van der Waals surface area contributed by atoms with Crippen LogP contribution in [0.25, 0.3) is 10.9 Å². The Kier molecular flexibility index (Phi) is 10.3. The number of halogens is 2. The van der Waals surface area contributed by atoms with E-state index in [2.05, 4.69) is 9.88 Å². The van der Waals surface area contributed by atoms with Crippen molar-refractivity contribution in [1.82, 2.24) is 14.8 Å². The number of phenolic OH excluding ortho intramolecular Hbond substituents is 1. The zero-order valence-electron chi connectivity index (χ0n) is 22.3. The maximum absolute atomic E-state index is 13.4. The SMILES string of the molecule is CC1CN(Cc2cc(F)cc(F)c2)CC(C)N1C(=O)c1ccc(N)cc1.CO.Oc1cccc2cccnc12. The number of rotatable bonds is 3. The van der Waals surface area contributed by atoms with Crippen molar-refractivity contribution in [1.29, 1.82) is 0 Å². The molecule has 1 aromatic heterocycles. The van der Waals surface area contributed by atoms with E-state index in [1.54, 1.807) is 42.6 Å². The van der Waals surface area contributed by atoms with Gasteiger partial charge in [-0.3, -0.25) is 14.7 Å². The predicted octanol–water partition coefficient (Wildman–Crippen LogP) is 4.83. The highest BCUT2D eigenvalue weighted by atomic mass is 19.1. The molecule has 0 radical (unpaired) electrons. The number of pyridine rings is 1. The molecule has 1 amide bonds. The number of phenols is 1. The number of hydrogen-bond donors (Lipinski definition) is 3. The number of anilines is 1. The lowest BCUT2D eigenvalue weighted by molar-refractivity contribution is 0.0268. The van der Waals surface area contributed by atoms with Gasteiger partial charge < -0.3 is 20.8 Å². The summed E-state index contributed by atoms with van der Waals surface area (Å²) < 4.78 is 26.8. The maximum Gasteiger partial charge on any atom is 0.254 e. The molecule has 4 aromatic rings. The van der Waals surface area contributed by atoms with Crippen molar-refractivity contribution in [2.24, 2.45) is 0 Å². The highest BCUT2D eigenvalue weighted by molar-refractivity contribution is 5.95. The van der Waals surface area contributed by atoms with Crippen molar-refractivity contribution in [2.45, 2.75) is 32.5 Å². The summed E-state index contributed by atoms with van der Waals surface area (Å²) in [5.41, 5.74) is 8.18. The second-order valence-corrected chi connectivity index (χ2v) is 9.36. The van der Waals surface area contributed by atoms with E-state index in [0.29, 0.717) is 42.0 Å². The molecule has 1 aliphatic rings. The Morgan fingerprint density at radius 1 is 0.949 bits per heavy atom. The van der Waals surface area contributed by atoms with Crippen LogP contribution in [0.5, 0.6) is 5.75 Å². The van der Waals surface area contributed by atoms with E-state index in [-0.39, 0.29) is 23.7 Å². The quantitative estimate of drug-likeness (QED) is 0.324. The monoisotopic (exact) mass is 536 g/mol. The van der Waals surface area contributed by atoms with Crippen LogP contribution in [0.15, 0.2) is 79.0 Å². The molecule has 39 heavy (non-hydrogen) atoms. The average molecular weight is 537 g/mol. The van der Waals surface area contributed by atoms with Gasteiger partial charge in [-0.05, 0) is 67.9 Å². The number of nitrogens with zero attached hydrogens (tertiary/aromatic N) is 3. The molecule has 5 rings (SSSR count).